The first kappa shape index (κ1) is 96.2. The summed E-state index contributed by atoms with van der Waals surface area (Å²) in [6.07, 6.45) is -60.2. The summed E-state index contributed by atoms with van der Waals surface area (Å²) in [6.45, 7) is -3.35. The minimum atomic E-state index is -2.29. The van der Waals surface area contributed by atoms with E-state index in [2.05, 4.69) is 0 Å². The van der Waals surface area contributed by atoms with Gasteiger partial charge in [-0.15, -0.1) is 0 Å². The Labute approximate surface area is 637 Å². The molecule has 6 aliphatic rings. The molecule has 41 nitrogen and oxygen atoms in total. The summed E-state index contributed by atoms with van der Waals surface area (Å²) in [5, 5.41) is 207. The molecule has 0 aromatic carbocycles. The number of aliphatic hydroxyl groups is 18. The van der Waals surface area contributed by atoms with Crippen LogP contribution in [-0.2, 0) is 85.3 Å². The van der Waals surface area contributed by atoms with Crippen molar-refractivity contribution in [2.24, 2.45) is 0 Å². The van der Waals surface area contributed by atoms with Gasteiger partial charge in [0.2, 0.25) is 0 Å². The zero-order valence-corrected chi connectivity index (χ0v) is 66.2. The van der Waals surface area contributed by atoms with Gasteiger partial charge in [0.1, 0.15) is 210 Å². The molecule has 6 rings (SSSR count). The van der Waals surface area contributed by atoms with E-state index in [4.69, 9.17) is 85.3 Å². The summed E-state index contributed by atoms with van der Waals surface area (Å²) in [7, 11) is 30.1. The molecule has 0 spiro atoms. The highest BCUT2D eigenvalue weighted by molar-refractivity contribution is 5.00. The van der Waals surface area contributed by atoms with Crippen LogP contribution in [0.4, 0.5) is 0 Å². The second-order valence-corrected chi connectivity index (χ2v) is 34.6. The number of ether oxygens (including phenoxy) is 18. The van der Waals surface area contributed by atoms with E-state index in [0.29, 0.717) is 24.5 Å². The quantitative estimate of drug-likeness (QED) is 0.0252. The molecule has 41 heteroatoms. The molecule has 0 aromatic rings. The van der Waals surface area contributed by atoms with Crippen LogP contribution in [-0.4, -0.2) is 554 Å². The van der Waals surface area contributed by atoms with Crippen LogP contribution < -0.4 is 0 Å². The monoisotopic (exact) mass is 1600 g/mol. The largest absolute Gasteiger partial charge is 0.387 e. The fourth-order valence-corrected chi connectivity index (χ4v) is 13.8. The van der Waals surface area contributed by atoms with Crippen LogP contribution in [0.2, 0.25) is 0 Å². The maximum absolute atomic E-state index is 12.4. The molecular formula is C68H136N5O36+5. The lowest BCUT2D eigenvalue weighted by Gasteiger charge is -2.50. The van der Waals surface area contributed by atoms with Gasteiger partial charge in [0.05, 0.1) is 178 Å². The van der Waals surface area contributed by atoms with Crippen LogP contribution in [0.5, 0.6) is 0 Å². The van der Waals surface area contributed by atoms with Gasteiger partial charge in [0.15, 0.2) is 37.7 Å². The maximum atomic E-state index is 12.4. The number of hydrogen-bond acceptors (Lipinski definition) is 36. The summed E-state index contributed by atoms with van der Waals surface area (Å²) in [6, 6.07) is 0. The third-order valence-corrected chi connectivity index (χ3v) is 18.7. The Hall–Kier alpha value is -1.64. The second-order valence-electron chi connectivity index (χ2n) is 34.6. The lowest BCUT2D eigenvalue weighted by atomic mass is 9.95. The minimum absolute atomic E-state index is 0.156. The number of quaternary nitrogens is 5. The van der Waals surface area contributed by atoms with Crippen molar-refractivity contribution in [1.82, 2.24) is 0 Å². The van der Waals surface area contributed by atoms with E-state index in [0.717, 1.165) is 0 Å². The Kier molecular flexibility index (Phi) is 37.2. The van der Waals surface area contributed by atoms with Gasteiger partial charge in [-0.25, -0.2) is 0 Å². The predicted octanol–water partition coefficient (Wildman–Crippen LogP) is -12.3. The average molecular weight is 1600 g/mol. The smallest absolute Gasteiger partial charge is 0.187 e. The van der Waals surface area contributed by atoms with E-state index in [1.54, 1.807) is 0 Å². The molecule has 6 saturated heterocycles. The van der Waals surface area contributed by atoms with Crippen LogP contribution in [0.25, 0.3) is 0 Å². The summed E-state index contributed by atoms with van der Waals surface area (Å²) < 4.78 is 110. The molecule has 0 radical (unpaired) electrons. The molecule has 109 heavy (non-hydrogen) atoms. The van der Waals surface area contributed by atoms with Gasteiger partial charge >= 0.3 is 0 Å². The van der Waals surface area contributed by atoms with Gasteiger partial charge in [0.25, 0.3) is 0 Å². The molecule has 0 aromatic heterocycles. The van der Waals surface area contributed by atoms with Crippen molar-refractivity contribution >= 4 is 0 Å². The third-order valence-electron chi connectivity index (χ3n) is 18.7. The second kappa shape index (κ2) is 42.2. The fraction of sp³-hybridized carbons (Fsp3) is 1.00. The lowest BCUT2D eigenvalue weighted by Crippen LogP contribution is -2.68. The van der Waals surface area contributed by atoms with E-state index < -0.39 is 248 Å². The summed E-state index contributed by atoms with van der Waals surface area (Å²) >= 11 is 0. The van der Waals surface area contributed by atoms with Crippen molar-refractivity contribution in [3.05, 3.63) is 0 Å². The standard InChI is InChI=1S/C68H136N5O36/c1-69(2,3)18-34(74)23-94-28-39-45(79)46(80)52(86)64(100-39)99-33-44-62(51(85)57(91)68(105-44)106-59-41(101-63(93-17)53(87)48(59)82)30-96-25-36(76)20-71(7,8)9)109-67-56(90)50(84)61(43(104-67)32-98-27-38(78)22-73(13,14)15)108-66-55(89)49(83)60(42(103-66)31-97-26-37(77)21-72(10,11)12)107-65-54(88)47(81)58(92-16)40(102-65)29-95-24-35(75)19-70(4,5)6/h34-68,74-91H,18-33H2,1-17H3/q+5/t34?,35?,36?,37?,38?,39-,40?,41?,42-,43?,44-,45-,46?,47-,48-,49?,50-,51?,52?,53?,54?,55?,56?,57?,58+,59+,60+,61+,62+,63+,64-,65-,66-,67-,68+/m0/s1. The summed E-state index contributed by atoms with van der Waals surface area (Å²) in [5.41, 5.74) is 0. The van der Waals surface area contributed by atoms with Gasteiger partial charge in [-0.05, 0) is 0 Å². The highest BCUT2D eigenvalue weighted by Gasteiger charge is 2.58. The number of rotatable bonds is 43. The first-order chi connectivity index (χ1) is 50.5. The summed E-state index contributed by atoms with van der Waals surface area (Å²) in [5.74, 6) is 0. The Bertz CT molecular complexity index is 2580. The van der Waals surface area contributed by atoms with Crippen molar-refractivity contribution in [1.29, 1.82) is 0 Å². The van der Waals surface area contributed by atoms with Crippen LogP contribution >= 0.6 is 0 Å². The Morgan fingerprint density at radius 1 is 0.239 bits per heavy atom. The maximum Gasteiger partial charge on any atom is 0.187 e. The molecule has 0 bridgehead atoms. The normalized spacial score (nSPS) is 39.8. The number of hydrogen-bond donors (Lipinski definition) is 18. The molecule has 0 aliphatic carbocycles. The first-order valence-corrected chi connectivity index (χ1v) is 36.9. The average Bonchev–Trinajstić information content (AvgIpc) is 0.771. The molecule has 0 saturated carbocycles. The summed E-state index contributed by atoms with van der Waals surface area (Å²) in [4.78, 5) is 0. The van der Waals surface area contributed by atoms with Crippen LogP contribution in [0.15, 0.2) is 0 Å². The molecule has 6 aliphatic heterocycles. The van der Waals surface area contributed by atoms with E-state index in [9.17, 15) is 91.9 Å². The fourth-order valence-electron chi connectivity index (χ4n) is 13.8. The van der Waals surface area contributed by atoms with Gasteiger partial charge in [-0.1, -0.05) is 0 Å². The van der Waals surface area contributed by atoms with E-state index >= 15 is 0 Å². The van der Waals surface area contributed by atoms with Gasteiger partial charge in [-0.2, -0.15) is 0 Å². The molecular weight excluding hydrogens is 1460 g/mol. The molecule has 6 heterocycles. The van der Waals surface area contributed by atoms with Crippen LogP contribution in [0.1, 0.15) is 0 Å². The van der Waals surface area contributed by atoms with E-state index in [-0.39, 0.29) is 70.3 Å². The minimum Gasteiger partial charge on any atom is -0.387 e. The van der Waals surface area contributed by atoms with Gasteiger partial charge in [-0.3, -0.25) is 0 Å². The highest BCUT2D eigenvalue weighted by Crippen LogP contribution is 2.38. The predicted molar refractivity (Wildman–Crippen MR) is 372 cm³/mol. The van der Waals surface area contributed by atoms with Crippen LogP contribution in [0, 0.1) is 0 Å². The molecule has 0 amide bonds. The Morgan fingerprint density at radius 2 is 0.450 bits per heavy atom. The number of likely N-dealkylation sites (N-methyl/N-ethyl adjacent to an activating group) is 5. The Balaban J connectivity index is 1.32. The number of methoxy groups -OCH3 is 2. The first-order valence-electron chi connectivity index (χ1n) is 36.9. The molecule has 17 unspecified atom stereocenters. The van der Waals surface area contributed by atoms with Crippen molar-refractivity contribution < 1.29 is 200 Å². The molecule has 18 N–H and O–H groups in total. The third kappa shape index (κ3) is 29.4. The topological polar surface area (TPSA) is 530 Å². The zero-order chi connectivity index (χ0) is 81.7. The van der Waals surface area contributed by atoms with Crippen molar-refractivity contribution in [2.45, 2.75) is 215 Å². The zero-order valence-electron chi connectivity index (χ0n) is 66.2. The molecule has 644 valence electrons. The van der Waals surface area contributed by atoms with Gasteiger partial charge in [0, 0.05) is 14.2 Å². The van der Waals surface area contributed by atoms with Crippen LogP contribution in [0.3, 0.4) is 0 Å². The molecule has 6 fully saturated rings. The SMILES string of the molecule is CO[C@@H]1OC(COCC(O)C[N+](C)(C)C)[C@@H](O[C@H]2O[C@@H](CO[C@H]3O[C@@H](COCC(O)C[N+](C)(C)C)[C@H](O)C(O)C3O)[C@@H](O[C@@H]3OC(COCC(O)C[N+](C)(C)C)[C@@H](O[C@@H]4O[C@@H](COCC(O)C[N+](C)(C)C)[C@@H](O[C@@H]5OC(COCC(O)C[N+](C)(C)C)[C@@H](OC)[C@@H](O)C5O)C(O)C4O)[C@@H](O)C3O)C(O)C2O)[C@@H](O)C1O. The number of nitrogens with zero attached hydrogens (tertiary/aromatic N) is 5. The van der Waals surface area contributed by atoms with E-state index in [1.165, 1.54) is 14.2 Å². The highest BCUT2D eigenvalue weighted by atomic mass is 16.8. The lowest BCUT2D eigenvalue weighted by molar-refractivity contribution is -0.873. The van der Waals surface area contributed by atoms with Crippen molar-refractivity contribution in [3.63, 3.8) is 0 Å². The van der Waals surface area contributed by atoms with Gasteiger partial charge < -0.3 is 200 Å². The molecule has 35 atom stereocenters. The van der Waals surface area contributed by atoms with Crippen molar-refractivity contribution in [2.75, 3.05) is 225 Å². The Morgan fingerprint density at radius 3 is 0.706 bits per heavy atom. The van der Waals surface area contributed by atoms with E-state index in [1.807, 2.05) is 106 Å². The van der Waals surface area contributed by atoms with Crippen molar-refractivity contribution in [3.8, 4) is 0 Å². The number of aliphatic hydroxyl groups excluding tert-OH is 18.